The van der Waals surface area contributed by atoms with Crippen LogP contribution in [0.25, 0.3) is 0 Å². The molecule has 0 aliphatic heterocycles. The number of hydrogen-bond acceptors (Lipinski definition) is 3. The molecule has 1 aliphatic carbocycles. The minimum absolute atomic E-state index is 0.0583. The van der Waals surface area contributed by atoms with Gasteiger partial charge in [0.1, 0.15) is 0 Å². The van der Waals surface area contributed by atoms with Gasteiger partial charge in [0.05, 0.1) is 29.4 Å². The average molecular weight is 234 g/mol. The van der Waals surface area contributed by atoms with Gasteiger partial charge in [-0.15, -0.1) is 0 Å². The second kappa shape index (κ2) is 3.77. The lowest BCUT2D eigenvalue weighted by atomic mass is 9.67. The summed E-state index contributed by atoms with van der Waals surface area (Å²) in [6, 6.07) is 0. The van der Waals surface area contributed by atoms with Gasteiger partial charge in [-0.05, 0) is 19.8 Å². The van der Waals surface area contributed by atoms with E-state index in [9.17, 15) is 5.11 Å². The zero-order valence-corrected chi connectivity index (χ0v) is 11.4. The molecule has 1 N–H and O–H groups in total. The first-order valence-corrected chi connectivity index (χ1v) is 6.30. The van der Waals surface area contributed by atoms with Crippen LogP contribution in [0.2, 0.25) is 0 Å². The van der Waals surface area contributed by atoms with Crippen LogP contribution in [0.1, 0.15) is 70.6 Å². The molecule has 3 nitrogen and oxygen atoms in total. The Morgan fingerprint density at radius 2 is 1.65 bits per heavy atom. The highest BCUT2D eigenvalue weighted by Crippen LogP contribution is 2.43. The Morgan fingerprint density at radius 1 is 1.12 bits per heavy atom. The summed E-state index contributed by atoms with van der Waals surface area (Å²) < 4.78 is 0. The fourth-order valence-corrected chi connectivity index (χ4v) is 2.43. The maximum atomic E-state index is 9.62. The molecule has 1 aromatic heterocycles. The summed E-state index contributed by atoms with van der Waals surface area (Å²) in [5.41, 5.74) is 2.98. The molecule has 0 saturated heterocycles. The molecule has 0 aromatic carbocycles. The predicted octanol–water partition coefficient (Wildman–Crippen LogP) is 2.88. The molecule has 0 unspecified atom stereocenters. The Balaban J connectivity index is 2.60. The lowest BCUT2D eigenvalue weighted by Gasteiger charge is -2.39. The van der Waals surface area contributed by atoms with E-state index in [4.69, 9.17) is 0 Å². The van der Waals surface area contributed by atoms with E-state index >= 15 is 0 Å². The number of aromatic nitrogens is 2. The Morgan fingerprint density at radius 3 is 2.18 bits per heavy atom. The minimum atomic E-state index is -0.548. The molecule has 1 heterocycles. The summed E-state index contributed by atoms with van der Waals surface area (Å²) in [5.74, 6) is 0. The fraction of sp³-hybridized carbons (Fsp3) is 0.714. The van der Waals surface area contributed by atoms with E-state index in [0.717, 1.165) is 24.2 Å². The zero-order chi connectivity index (χ0) is 12.8. The second-order valence-electron chi connectivity index (χ2n) is 6.44. The molecule has 0 bridgehead atoms. The van der Waals surface area contributed by atoms with E-state index in [0.29, 0.717) is 5.69 Å². The van der Waals surface area contributed by atoms with Crippen molar-refractivity contribution < 1.29 is 5.11 Å². The van der Waals surface area contributed by atoms with Crippen molar-refractivity contribution in [2.45, 2.75) is 64.4 Å². The Kier molecular flexibility index (Phi) is 2.77. The molecule has 0 saturated carbocycles. The van der Waals surface area contributed by atoms with E-state index in [1.54, 1.807) is 13.1 Å². The van der Waals surface area contributed by atoms with E-state index in [1.807, 2.05) is 0 Å². The number of aliphatic hydroxyl groups excluding tert-OH is 1. The Labute approximate surface area is 103 Å². The zero-order valence-electron chi connectivity index (χ0n) is 11.4. The lowest BCUT2D eigenvalue weighted by molar-refractivity contribution is 0.191. The molecule has 94 valence electrons. The smallest absolute Gasteiger partial charge is 0.0947 e. The third kappa shape index (κ3) is 2.08. The van der Waals surface area contributed by atoms with Crippen LogP contribution >= 0.6 is 0 Å². The molecular weight excluding hydrogens is 212 g/mol. The Hall–Kier alpha value is -0.960. The van der Waals surface area contributed by atoms with Crippen molar-refractivity contribution in [1.82, 2.24) is 9.97 Å². The van der Waals surface area contributed by atoms with Gasteiger partial charge in [0.2, 0.25) is 0 Å². The topological polar surface area (TPSA) is 46.0 Å². The van der Waals surface area contributed by atoms with Crippen molar-refractivity contribution in [3.63, 3.8) is 0 Å². The van der Waals surface area contributed by atoms with Crippen LogP contribution in [-0.2, 0) is 10.8 Å². The molecule has 17 heavy (non-hydrogen) atoms. The molecule has 0 spiro atoms. The van der Waals surface area contributed by atoms with Gasteiger partial charge in [0.25, 0.3) is 0 Å². The molecule has 2 rings (SSSR count). The standard InChI is InChI=1S/C14H22N2O/c1-9(17)10-8-15-11-12(16-10)14(4,5)7-6-13(11,2)3/h8-9,17H,6-7H2,1-5H3/t9-/m1/s1. The second-order valence-corrected chi connectivity index (χ2v) is 6.44. The molecular formula is C14H22N2O. The molecule has 1 aromatic rings. The van der Waals surface area contributed by atoms with Gasteiger partial charge in [-0.2, -0.15) is 0 Å². The minimum Gasteiger partial charge on any atom is -0.387 e. The van der Waals surface area contributed by atoms with Crippen molar-refractivity contribution in [2.75, 3.05) is 0 Å². The van der Waals surface area contributed by atoms with E-state index < -0.39 is 6.10 Å². The maximum Gasteiger partial charge on any atom is 0.0947 e. The number of aliphatic hydroxyl groups is 1. The maximum absolute atomic E-state index is 9.62. The van der Waals surface area contributed by atoms with Gasteiger partial charge in [-0.25, -0.2) is 0 Å². The van der Waals surface area contributed by atoms with Crippen LogP contribution in [0, 0.1) is 0 Å². The first kappa shape index (κ1) is 12.5. The number of nitrogens with zero attached hydrogens (tertiary/aromatic N) is 2. The lowest BCUT2D eigenvalue weighted by Crippen LogP contribution is -2.36. The molecule has 0 amide bonds. The largest absolute Gasteiger partial charge is 0.387 e. The molecule has 1 aliphatic rings. The summed E-state index contributed by atoms with van der Waals surface area (Å²) in [7, 11) is 0. The van der Waals surface area contributed by atoms with Crippen LogP contribution in [0.4, 0.5) is 0 Å². The number of fused-ring (bicyclic) bond motifs is 1. The summed E-state index contributed by atoms with van der Waals surface area (Å²) in [6.07, 6.45) is 3.42. The summed E-state index contributed by atoms with van der Waals surface area (Å²) >= 11 is 0. The third-order valence-corrected chi connectivity index (χ3v) is 3.88. The van der Waals surface area contributed by atoms with Crippen molar-refractivity contribution >= 4 is 0 Å². The van der Waals surface area contributed by atoms with Crippen LogP contribution in [0.3, 0.4) is 0 Å². The first-order chi connectivity index (χ1) is 7.74. The molecule has 3 heteroatoms. The summed E-state index contributed by atoms with van der Waals surface area (Å²) in [5, 5.41) is 9.62. The highest BCUT2D eigenvalue weighted by Gasteiger charge is 2.39. The van der Waals surface area contributed by atoms with Gasteiger partial charge in [-0.1, -0.05) is 27.7 Å². The number of hydrogen-bond donors (Lipinski definition) is 1. The van der Waals surface area contributed by atoms with Crippen LogP contribution in [0.5, 0.6) is 0 Å². The SMILES string of the molecule is C[C@@H](O)c1cnc2c(n1)C(C)(C)CCC2(C)C. The van der Waals surface area contributed by atoms with Crippen LogP contribution in [0.15, 0.2) is 6.20 Å². The van der Waals surface area contributed by atoms with Gasteiger partial charge < -0.3 is 5.11 Å². The Bertz CT molecular complexity index is 436. The summed E-state index contributed by atoms with van der Waals surface area (Å²) in [6.45, 7) is 10.6. The van der Waals surface area contributed by atoms with Crippen LogP contribution in [-0.4, -0.2) is 15.1 Å². The predicted molar refractivity (Wildman–Crippen MR) is 68.0 cm³/mol. The van der Waals surface area contributed by atoms with E-state index in [1.165, 1.54) is 0 Å². The van der Waals surface area contributed by atoms with Gasteiger partial charge in [0.15, 0.2) is 0 Å². The van der Waals surface area contributed by atoms with Gasteiger partial charge in [0, 0.05) is 10.8 Å². The van der Waals surface area contributed by atoms with Crippen molar-refractivity contribution in [3.05, 3.63) is 23.3 Å². The molecule has 1 atom stereocenters. The van der Waals surface area contributed by atoms with E-state index in [2.05, 4.69) is 37.7 Å². The van der Waals surface area contributed by atoms with Crippen molar-refractivity contribution in [2.24, 2.45) is 0 Å². The highest BCUT2D eigenvalue weighted by atomic mass is 16.3. The molecule has 0 fully saturated rings. The monoisotopic (exact) mass is 234 g/mol. The third-order valence-electron chi connectivity index (χ3n) is 3.88. The summed E-state index contributed by atoms with van der Waals surface area (Å²) in [4.78, 5) is 9.22. The van der Waals surface area contributed by atoms with Gasteiger partial charge >= 0.3 is 0 Å². The van der Waals surface area contributed by atoms with E-state index in [-0.39, 0.29) is 10.8 Å². The first-order valence-electron chi connectivity index (χ1n) is 6.30. The molecule has 0 radical (unpaired) electrons. The van der Waals surface area contributed by atoms with Crippen molar-refractivity contribution in [3.8, 4) is 0 Å². The van der Waals surface area contributed by atoms with Crippen molar-refractivity contribution in [1.29, 1.82) is 0 Å². The fourth-order valence-electron chi connectivity index (χ4n) is 2.43. The average Bonchev–Trinajstić information content (AvgIpc) is 2.24. The number of rotatable bonds is 1. The quantitative estimate of drug-likeness (QED) is 0.812. The normalized spacial score (nSPS) is 22.9. The highest BCUT2D eigenvalue weighted by molar-refractivity contribution is 5.31. The van der Waals surface area contributed by atoms with Gasteiger partial charge in [-0.3, -0.25) is 9.97 Å². The van der Waals surface area contributed by atoms with Crippen LogP contribution < -0.4 is 0 Å².